The molecule has 0 aliphatic carbocycles. The second-order valence-electron chi connectivity index (χ2n) is 6.50. The van der Waals surface area contributed by atoms with E-state index in [1.54, 1.807) is 17.3 Å². The molecule has 1 aromatic heterocycles. The second kappa shape index (κ2) is 7.42. The number of carbonyl (C=O) groups is 1. The predicted molar refractivity (Wildman–Crippen MR) is 87.6 cm³/mol. The summed E-state index contributed by atoms with van der Waals surface area (Å²) in [5.74, 6) is 0. The van der Waals surface area contributed by atoms with Gasteiger partial charge in [0, 0.05) is 23.4 Å². The monoisotopic (exact) mass is 370 g/mol. The molecule has 5 nitrogen and oxygen atoms in total. The van der Waals surface area contributed by atoms with Crippen LogP contribution in [0.5, 0.6) is 0 Å². The smallest absolute Gasteiger partial charge is 0.410 e. The van der Waals surface area contributed by atoms with Crippen LogP contribution in [-0.2, 0) is 16.1 Å². The number of aromatic nitrogens is 1. The number of hydrogen-bond donors (Lipinski definition) is 0. The van der Waals surface area contributed by atoms with E-state index in [9.17, 15) is 4.79 Å². The Labute approximate surface area is 140 Å². The average Bonchev–Trinajstić information content (AvgIpc) is 2.85. The molecule has 122 valence electrons. The van der Waals surface area contributed by atoms with Crippen LogP contribution in [0, 0.1) is 0 Å². The fraction of sp³-hybridized carbons (Fsp3) is 0.625. The molecular weight excluding hydrogens is 348 g/mol. The van der Waals surface area contributed by atoms with Crippen LogP contribution in [0.2, 0.25) is 0 Å². The predicted octanol–water partition coefficient (Wildman–Crippen LogP) is 3.76. The first kappa shape index (κ1) is 17.2. The van der Waals surface area contributed by atoms with Crippen molar-refractivity contribution in [2.45, 2.75) is 51.9 Å². The maximum absolute atomic E-state index is 12.2. The third-order valence-electron chi connectivity index (χ3n) is 3.35. The molecule has 0 saturated carbocycles. The molecule has 1 aromatic rings. The minimum atomic E-state index is -0.465. The third kappa shape index (κ3) is 5.25. The van der Waals surface area contributed by atoms with E-state index in [4.69, 9.17) is 9.47 Å². The number of amides is 1. The van der Waals surface area contributed by atoms with E-state index in [-0.39, 0.29) is 12.1 Å². The van der Waals surface area contributed by atoms with Crippen molar-refractivity contribution in [3.63, 3.8) is 0 Å². The molecule has 1 unspecified atom stereocenters. The Bertz CT molecular complexity index is 516. The summed E-state index contributed by atoms with van der Waals surface area (Å²) >= 11 is 3.39. The van der Waals surface area contributed by atoms with Gasteiger partial charge in [0.05, 0.1) is 19.3 Å². The van der Waals surface area contributed by atoms with Crippen LogP contribution in [0.1, 0.15) is 39.2 Å². The Hall–Kier alpha value is -1.14. The topological polar surface area (TPSA) is 51.7 Å². The SMILES string of the molecule is CC(C)(C)OC(=O)N1CCCC1COCc1cncc(Br)c1. The van der Waals surface area contributed by atoms with Gasteiger partial charge in [-0.3, -0.25) is 4.98 Å². The number of rotatable bonds is 4. The summed E-state index contributed by atoms with van der Waals surface area (Å²) in [6, 6.07) is 2.07. The lowest BCUT2D eigenvalue weighted by atomic mass is 10.2. The number of hydrogen-bond acceptors (Lipinski definition) is 4. The number of halogens is 1. The van der Waals surface area contributed by atoms with Gasteiger partial charge >= 0.3 is 6.09 Å². The normalized spacial score (nSPS) is 18.5. The van der Waals surface area contributed by atoms with E-state index in [0.717, 1.165) is 29.4 Å². The van der Waals surface area contributed by atoms with Gasteiger partial charge in [0.15, 0.2) is 0 Å². The van der Waals surface area contributed by atoms with Crippen LogP contribution >= 0.6 is 15.9 Å². The van der Waals surface area contributed by atoms with Gasteiger partial charge in [0.1, 0.15) is 5.60 Å². The van der Waals surface area contributed by atoms with Gasteiger partial charge in [0.2, 0.25) is 0 Å². The summed E-state index contributed by atoms with van der Waals surface area (Å²) in [4.78, 5) is 18.1. The third-order valence-corrected chi connectivity index (χ3v) is 3.78. The zero-order valence-corrected chi connectivity index (χ0v) is 14.9. The molecule has 1 aliphatic heterocycles. The first-order valence-corrected chi connectivity index (χ1v) is 8.31. The summed E-state index contributed by atoms with van der Waals surface area (Å²) < 4.78 is 12.1. The minimum Gasteiger partial charge on any atom is -0.444 e. The highest BCUT2D eigenvalue weighted by Crippen LogP contribution is 2.21. The van der Waals surface area contributed by atoms with E-state index in [0.29, 0.717) is 13.2 Å². The fourth-order valence-electron chi connectivity index (χ4n) is 2.42. The summed E-state index contributed by atoms with van der Waals surface area (Å²) in [7, 11) is 0. The molecule has 1 saturated heterocycles. The number of pyridine rings is 1. The van der Waals surface area contributed by atoms with Crippen LogP contribution in [-0.4, -0.2) is 40.8 Å². The minimum absolute atomic E-state index is 0.0926. The van der Waals surface area contributed by atoms with Crippen molar-refractivity contribution in [3.05, 3.63) is 28.5 Å². The van der Waals surface area contributed by atoms with Crippen molar-refractivity contribution in [3.8, 4) is 0 Å². The summed E-state index contributed by atoms with van der Waals surface area (Å²) in [5, 5.41) is 0. The molecule has 2 heterocycles. The van der Waals surface area contributed by atoms with E-state index in [2.05, 4.69) is 20.9 Å². The molecule has 22 heavy (non-hydrogen) atoms. The molecule has 0 N–H and O–H groups in total. The maximum Gasteiger partial charge on any atom is 0.410 e. The Morgan fingerprint density at radius 1 is 1.45 bits per heavy atom. The molecule has 0 radical (unpaired) electrons. The quantitative estimate of drug-likeness (QED) is 0.809. The van der Waals surface area contributed by atoms with Gasteiger partial charge in [-0.15, -0.1) is 0 Å². The summed E-state index contributed by atoms with van der Waals surface area (Å²) in [5.41, 5.74) is 0.545. The van der Waals surface area contributed by atoms with Gasteiger partial charge < -0.3 is 14.4 Å². The number of ether oxygens (including phenoxy) is 2. The number of nitrogens with zero attached hydrogens (tertiary/aromatic N) is 2. The number of likely N-dealkylation sites (tertiary alicyclic amines) is 1. The van der Waals surface area contributed by atoms with Crippen molar-refractivity contribution >= 4 is 22.0 Å². The zero-order chi connectivity index (χ0) is 16.2. The molecule has 0 spiro atoms. The van der Waals surface area contributed by atoms with E-state index < -0.39 is 5.60 Å². The average molecular weight is 371 g/mol. The van der Waals surface area contributed by atoms with Crippen LogP contribution in [0.4, 0.5) is 4.79 Å². The first-order valence-electron chi connectivity index (χ1n) is 7.52. The lowest BCUT2D eigenvalue weighted by Gasteiger charge is -2.28. The maximum atomic E-state index is 12.2. The molecule has 1 amide bonds. The molecule has 1 aliphatic rings. The fourth-order valence-corrected chi connectivity index (χ4v) is 2.83. The van der Waals surface area contributed by atoms with Gasteiger partial charge in [-0.25, -0.2) is 4.79 Å². The van der Waals surface area contributed by atoms with Crippen molar-refractivity contribution in [2.75, 3.05) is 13.2 Å². The Morgan fingerprint density at radius 2 is 2.23 bits per heavy atom. The molecule has 2 rings (SSSR count). The van der Waals surface area contributed by atoms with Gasteiger partial charge in [-0.05, 0) is 61.2 Å². The van der Waals surface area contributed by atoms with E-state index in [1.807, 2.05) is 26.8 Å². The van der Waals surface area contributed by atoms with Crippen molar-refractivity contribution in [1.29, 1.82) is 0 Å². The van der Waals surface area contributed by atoms with Crippen molar-refractivity contribution < 1.29 is 14.3 Å². The van der Waals surface area contributed by atoms with Gasteiger partial charge in [-0.1, -0.05) is 0 Å². The number of carbonyl (C=O) groups excluding carboxylic acids is 1. The zero-order valence-electron chi connectivity index (χ0n) is 13.3. The van der Waals surface area contributed by atoms with Crippen molar-refractivity contribution in [1.82, 2.24) is 9.88 Å². The first-order chi connectivity index (χ1) is 10.3. The standard InChI is InChI=1S/C16H23BrN2O3/c1-16(2,3)22-15(20)19-6-4-5-14(19)11-21-10-12-7-13(17)9-18-8-12/h7-9,14H,4-6,10-11H2,1-3H3. The van der Waals surface area contributed by atoms with E-state index in [1.165, 1.54) is 0 Å². The largest absolute Gasteiger partial charge is 0.444 e. The molecule has 6 heteroatoms. The molecular formula is C16H23BrN2O3. The molecule has 1 atom stereocenters. The summed E-state index contributed by atoms with van der Waals surface area (Å²) in [6.45, 7) is 7.39. The highest BCUT2D eigenvalue weighted by molar-refractivity contribution is 9.10. The highest BCUT2D eigenvalue weighted by atomic mass is 79.9. The van der Waals surface area contributed by atoms with E-state index >= 15 is 0 Å². The molecule has 1 fully saturated rings. The second-order valence-corrected chi connectivity index (χ2v) is 7.41. The van der Waals surface area contributed by atoms with Crippen LogP contribution < -0.4 is 0 Å². The Morgan fingerprint density at radius 3 is 2.91 bits per heavy atom. The van der Waals surface area contributed by atoms with Gasteiger partial charge in [0.25, 0.3) is 0 Å². The van der Waals surface area contributed by atoms with Crippen molar-refractivity contribution in [2.24, 2.45) is 0 Å². The Balaban J connectivity index is 1.82. The lowest BCUT2D eigenvalue weighted by molar-refractivity contribution is 0.00880. The molecule has 0 aromatic carbocycles. The molecule has 0 bridgehead atoms. The van der Waals surface area contributed by atoms with Crippen LogP contribution in [0.25, 0.3) is 0 Å². The van der Waals surface area contributed by atoms with Crippen LogP contribution in [0.15, 0.2) is 22.9 Å². The summed E-state index contributed by atoms with van der Waals surface area (Å²) in [6.07, 6.45) is 5.22. The van der Waals surface area contributed by atoms with Crippen LogP contribution in [0.3, 0.4) is 0 Å². The lowest BCUT2D eigenvalue weighted by Crippen LogP contribution is -2.41. The highest BCUT2D eigenvalue weighted by Gasteiger charge is 2.32. The Kier molecular flexibility index (Phi) is 5.81. The van der Waals surface area contributed by atoms with Gasteiger partial charge in [-0.2, -0.15) is 0 Å².